The summed E-state index contributed by atoms with van der Waals surface area (Å²) in [6, 6.07) is 12.5. The Labute approximate surface area is 124 Å². The molecule has 2 rings (SSSR count). The van der Waals surface area contributed by atoms with E-state index < -0.39 is 15.8 Å². The van der Waals surface area contributed by atoms with Crippen molar-refractivity contribution in [2.75, 3.05) is 10.8 Å². The van der Waals surface area contributed by atoms with E-state index in [-0.39, 0.29) is 23.5 Å². The second kappa shape index (κ2) is 6.24. The molecule has 4 nitrogen and oxygen atoms in total. The third kappa shape index (κ3) is 3.06. The Kier molecular flexibility index (Phi) is 4.59. The van der Waals surface area contributed by atoms with E-state index in [0.717, 1.165) is 6.07 Å². The number of hydrogen-bond donors (Lipinski definition) is 1. The number of nitrogens with two attached hydrogens (primary N) is 1. The second-order valence-corrected chi connectivity index (χ2v) is 6.32. The van der Waals surface area contributed by atoms with E-state index in [1.807, 2.05) is 6.07 Å². The first-order valence-electron chi connectivity index (χ1n) is 6.57. The summed E-state index contributed by atoms with van der Waals surface area (Å²) in [5.74, 6) is -0.501. The van der Waals surface area contributed by atoms with Gasteiger partial charge in [-0.1, -0.05) is 18.2 Å². The van der Waals surface area contributed by atoms with Crippen LogP contribution in [0.3, 0.4) is 0 Å². The largest absolute Gasteiger partial charge is 0.326 e. The molecule has 0 aromatic heterocycles. The van der Waals surface area contributed by atoms with Crippen molar-refractivity contribution in [3.63, 3.8) is 0 Å². The van der Waals surface area contributed by atoms with Crippen LogP contribution in [0.25, 0.3) is 0 Å². The Balaban J connectivity index is 2.50. The van der Waals surface area contributed by atoms with Crippen LogP contribution in [0.4, 0.5) is 10.1 Å². The van der Waals surface area contributed by atoms with Gasteiger partial charge in [0, 0.05) is 18.7 Å². The molecule has 2 aromatic carbocycles. The van der Waals surface area contributed by atoms with E-state index in [1.54, 1.807) is 31.2 Å². The summed E-state index contributed by atoms with van der Waals surface area (Å²) in [7, 11) is -3.74. The molecule has 0 unspecified atom stereocenters. The fourth-order valence-corrected chi connectivity index (χ4v) is 3.61. The first-order chi connectivity index (χ1) is 10.0. The summed E-state index contributed by atoms with van der Waals surface area (Å²) < 4.78 is 40.2. The molecule has 2 aromatic rings. The van der Waals surface area contributed by atoms with E-state index in [9.17, 15) is 12.8 Å². The van der Waals surface area contributed by atoms with Crippen LogP contribution in [-0.2, 0) is 16.6 Å². The molecule has 6 heteroatoms. The molecule has 0 spiro atoms. The van der Waals surface area contributed by atoms with E-state index >= 15 is 0 Å². The standard InChI is InChI=1S/C15H17FN2O2S/c1-2-18(13-6-4-3-5-7-13)21(19,20)14-8-9-15(16)12(10-14)11-17/h3-10H,2,11,17H2,1H3. The molecule has 0 fully saturated rings. The highest BCUT2D eigenvalue weighted by Crippen LogP contribution is 2.24. The summed E-state index contributed by atoms with van der Waals surface area (Å²) >= 11 is 0. The van der Waals surface area contributed by atoms with Crippen molar-refractivity contribution in [3.05, 3.63) is 59.9 Å². The monoisotopic (exact) mass is 308 g/mol. The lowest BCUT2D eigenvalue weighted by atomic mass is 10.2. The van der Waals surface area contributed by atoms with Crippen molar-refractivity contribution in [2.45, 2.75) is 18.4 Å². The van der Waals surface area contributed by atoms with Gasteiger partial charge in [-0.05, 0) is 37.3 Å². The van der Waals surface area contributed by atoms with Crippen molar-refractivity contribution in [3.8, 4) is 0 Å². The number of nitrogens with zero attached hydrogens (tertiary/aromatic N) is 1. The number of anilines is 1. The number of para-hydroxylation sites is 1. The Morgan fingerprint density at radius 1 is 1.14 bits per heavy atom. The average Bonchev–Trinajstić information content (AvgIpc) is 2.49. The molecule has 21 heavy (non-hydrogen) atoms. The molecule has 0 aliphatic heterocycles. The minimum Gasteiger partial charge on any atom is -0.326 e. The maximum Gasteiger partial charge on any atom is 0.264 e. The summed E-state index contributed by atoms with van der Waals surface area (Å²) in [6.07, 6.45) is 0. The van der Waals surface area contributed by atoms with Crippen LogP contribution < -0.4 is 10.0 Å². The minimum absolute atomic E-state index is 0.0371. The smallest absolute Gasteiger partial charge is 0.264 e. The van der Waals surface area contributed by atoms with Crippen LogP contribution in [-0.4, -0.2) is 15.0 Å². The second-order valence-electron chi connectivity index (χ2n) is 4.46. The summed E-state index contributed by atoms with van der Waals surface area (Å²) in [5, 5.41) is 0. The summed E-state index contributed by atoms with van der Waals surface area (Å²) in [6.45, 7) is 1.98. The van der Waals surface area contributed by atoms with Crippen LogP contribution in [0.5, 0.6) is 0 Å². The van der Waals surface area contributed by atoms with Gasteiger partial charge in [0.2, 0.25) is 0 Å². The Morgan fingerprint density at radius 3 is 2.38 bits per heavy atom. The van der Waals surface area contributed by atoms with Crippen LogP contribution in [0.2, 0.25) is 0 Å². The molecular weight excluding hydrogens is 291 g/mol. The Bertz CT molecular complexity index is 718. The maximum absolute atomic E-state index is 13.5. The van der Waals surface area contributed by atoms with Crippen molar-refractivity contribution in [1.82, 2.24) is 0 Å². The lowest BCUT2D eigenvalue weighted by Gasteiger charge is -2.23. The van der Waals surface area contributed by atoms with Crippen molar-refractivity contribution in [1.29, 1.82) is 0 Å². The van der Waals surface area contributed by atoms with Gasteiger partial charge in [0.1, 0.15) is 5.82 Å². The predicted molar refractivity (Wildman–Crippen MR) is 80.9 cm³/mol. The van der Waals surface area contributed by atoms with Crippen molar-refractivity contribution in [2.24, 2.45) is 5.73 Å². The molecule has 0 aliphatic carbocycles. The van der Waals surface area contributed by atoms with Gasteiger partial charge < -0.3 is 5.73 Å². The van der Waals surface area contributed by atoms with E-state index in [2.05, 4.69) is 0 Å². The molecule has 0 heterocycles. The van der Waals surface area contributed by atoms with Crippen LogP contribution >= 0.6 is 0 Å². The molecule has 2 N–H and O–H groups in total. The molecule has 0 aliphatic rings. The first-order valence-corrected chi connectivity index (χ1v) is 8.01. The SMILES string of the molecule is CCN(c1ccccc1)S(=O)(=O)c1ccc(F)c(CN)c1. The van der Waals surface area contributed by atoms with Gasteiger partial charge in [-0.3, -0.25) is 4.31 Å². The summed E-state index contributed by atoms with van der Waals surface area (Å²) in [4.78, 5) is 0.0371. The fraction of sp³-hybridized carbons (Fsp3) is 0.200. The van der Waals surface area contributed by atoms with Crippen LogP contribution in [0, 0.1) is 5.82 Å². The normalized spacial score (nSPS) is 11.4. The molecule has 0 amide bonds. The van der Waals surface area contributed by atoms with Crippen LogP contribution in [0.15, 0.2) is 53.4 Å². The molecule has 112 valence electrons. The van der Waals surface area contributed by atoms with E-state index in [1.165, 1.54) is 16.4 Å². The average molecular weight is 308 g/mol. The van der Waals surface area contributed by atoms with Gasteiger partial charge in [-0.2, -0.15) is 0 Å². The number of halogens is 1. The zero-order chi connectivity index (χ0) is 15.5. The number of sulfonamides is 1. The lowest BCUT2D eigenvalue weighted by Crippen LogP contribution is -2.30. The van der Waals surface area contributed by atoms with Gasteiger partial charge in [-0.15, -0.1) is 0 Å². The zero-order valence-electron chi connectivity index (χ0n) is 11.7. The molecular formula is C15H17FN2O2S. The van der Waals surface area contributed by atoms with Crippen molar-refractivity contribution >= 4 is 15.7 Å². The van der Waals surface area contributed by atoms with Gasteiger partial charge in [0.25, 0.3) is 10.0 Å². The number of benzene rings is 2. The first kappa shape index (κ1) is 15.5. The molecule has 0 radical (unpaired) electrons. The topological polar surface area (TPSA) is 63.4 Å². The lowest BCUT2D eigenvalue weighted by molar-refractivity contribution is 0.588. The van der Waals surface area contributed by atoms with Crippen LogP contribution in [0.1, 0.15) is 12.5 Å². The zero-order valence-corrected chi connectivity index (χ0v) is 12.5. The maximum atomic E-state index is 13.5. The van der Waals surface area contributed by atoms with Gasteiger partial charge in [0.05, 0.1) is 10.6 Å². The molecule has 0 saturated carbocycles. The summed E-state index contributed by atoms with van der Waals surface area (Å²) in [5.41, 5.74) is 6.18. The Morgan fingerprint density at radius 2 is 1.81 bits per heavy atom. The van der Waals surface area contributed by atoms with Gasteiger partial charge in [-0.25, -0.2) is 12.8 Å². The quantitative estimate of drug-likeness (QED) is 0.923. The third-order valence-corrected chi connectivity index (χ3v) is 5.06. The molecule has 0 saturated heterocycles. The predicted octanol–water partition coefficient (Wildman–Crippen LogP) is 2.50. The third-order valence-electron chi connectivity index (χ3n) is 3.16. The van der Waals surface area contributed by atoms with Gasteiger partial charge in [0.15, 0.2) is 0 Å². The molecule has 0 bridgehead atoms. The highest BCUT2D eigenvalue weighted by Gasteiger charge is 2.24. The van der Waals surface area contributed by atoms with E-state index in [0.29, 0.717) is 5.69 Å². The van der Waals surface area contributed by atoms with Gasteiger partial charge >= 0.3 is 0 Å². The number of hydrogen-bond acceptors (Lipinski definition) is 3. The number of rotatable bonds is 5. The molecule has 0 atom stereocenters. The van der Waals surface area contributed by atoms with E-state index in [4.69, 9.17) is 5.73 Å². The Hall–Kier alpha value is -1.92. The van der Waals surface area contributed by atoms with Crippen molar-refractivity contribution < 1.29 is 12.8 Å². The highest BCUT2D eigenvalue weighted by molar-refractivity contribution is 7.92. The highest BCUT2D eigenvalue weighted by atomic mass is 32.2. The minimum atomic E-state index is -3.74. The fourth-order valence-electron chi connectivity index (χ4n) is 2.08.